The van der Waals surface area contributed by atoms with E-state index in [4.69, 9.17) is 4.18 Å². The van der Waals surface area contributed by atoms with Crippen LogP contribution >= 0.6 is 0 Å². The quantitative estimate of drug-likeness (QED) is 0.351. The Morgan fingerprint density at radius 1 is 1.04 bits per heavy atom. The molecule has 1 aromatic carbocycles. The molecule has 154 valence electrons. The predicted molar refractivity (Wildman–Crippen MR) is 110 cm³/mol. The lowest BCUT2D eigenvalue weighted by molar-refractivity contribution is -0.134. The highest BCUT2D eigenvalue weighted by Crippen LogP contribution is 2.19. The van der Waals surface area contributed by atoms with Crippen molar-refractivity contribution in [2.24, 2.45) is 0 Å². The molecule has 0 aliphatic rings. The predicted octanol–water partition coefficient (Wildman–Crippen LogP) is 4.90. The maximum absolute atomic E-state index is 12.7. The number of unbranched alkanes of at least 4 members (excludes halogenated alkanes) is 4. The molecule has 6 heteroatoms. The zero-order valence-electron chi connectivity index (χ0n) is 17.2. The molecule has 0 fully saturated rings. The van der Waals surface area contributed by atoms with Gasteiger partial charge in [0, 0.05) is 19.0 Å². The van der Waals surface area contributed by atoms with Crippen LogP contribution in [0.5, 0.6) is 5.75 Å². The second kappa shape index (κ2) is 12.0. The summed E-state index contributed by atoms with van der Waals surface area (Å²) in [5, 5.41) is 0. The summed E-state index contributed by atoms with van der Waals surface area (Å²) in [6.45, 7) is 8.41. The molecule has 0 saturated heterocycles. The largest absolute Gasteiger partial charge is 0.382 e. The molecular weight excluding hydrogens is 362 g/mol. The van der Waals surface area contributed by atoms with Crippen LogP contribution in [0.2, 0.25) is 0 Å². The molecule has 0 saturated carbocycles. The van der Waals surface area contributed by atoms with Gasteiger partial charge in [0.15, 0.2) is 0 Å². The first-order chi connectivity index (χ1) is 12.8. The lowest BCUT2D eigenvalue weighted by Crippen LogP contribution is -2.37. The molecule has 0 N–H and O–H groups in total. The van der Waals surface area contributed by atoms with Crippen molar-refractivity contribution >= 4 is 16.0 Å². The van der Waals surface area contributed by atoms with Gasteiger partial charge < -0.3 is 9.08 Å². The van der Waals surface area contributed by atoms with Crippen molar-refractivity contribution in [3.05, 3.63) is 29.8 Å². The van der Waals surface area contributed by atoms with Gasteiger partial charge in [-0.15, -0.1) is 0 Å². The Bertz CT molecular complexity index is 655. The van der Waals surface area contributed by atoms with Crippen LogP contribution in [0.15, 0.2) is 24.3 Å². The summed E-state index contributed by atoms with van der Waals surface area (Å²) in [4.78, 5) is 14.6. The van der Waals surface area contributed by atoms with E-state index in [1.807, 2.05) is 17.0 Å². The summed E-state index contributed by atoms with van der Waals surface area (Å²) in [6.07, 6.45) is 7.15. The first-order valence-electron chi connectivity index (χ1n) is 10.1. The van der Waals surface area contributed by atoms with Crippen LogP contribution in [0, 0.1) is 0 Å². The zero-order valence-corrected chi connectivity index (χ0v) is 18.1. The van der Waals surface area contributed by atoms with Gasteiger partial charge in [0.25, 0.3) is 0 Å². The van der Waals surface area contributed by atoms with Crippen LogP contribution in [0.25, 0.3) is 0 Å². The Kier molecular flexibility index (Phi) is 10.4. The van der Waals surface area contributed by atoms with Gasteiger partial charge in [0.2, 0.25) is 5.91 Å². The smallest absolute Gasteiger partial charge is 0.308 e. The Labute approximate surface area is 165 Å². The minimum absolute atomic E-state index is 0.0662. The lowest BCUT2D eigenvalue weighted by atomic mass is 10.1. The molecule has 0 spiro atoms. The maximum atomic E-state index is 12.7. The maximum Gasteiger partial charge on any atom is 0.308 e. The van der Waals surface area contributed by atoms with Crippen LogP contribution in [-0.2, 0) is 21.5 Å². The molecule has 1 rings (SSSR count). The molecule has 1 unspecified atom stereocenters. The van der Waals surface area contributed by atoms with E-state index in [1.54, 1.807) is 19.1 Å². The molecule has 0 radical (unpaired) electrons. The van der Waals surface area contributed by atoms with E-state index < -0.39 is 10.1 Å². The third-order valence-corrected chi connectivity index (χ3v) is 5.94. The van der Waals surface area contributed by atoms with Gasteiger partial charge in [-0.25, -0.2) is 0 Å². The number of rotatable bonds is 13. The normalized spacial score (nSPS) is 12.6. The van der Waals surface area contributed by atoms with E-state index in [2.05, 4.69) is 20.8 Å². The summed E-state index contributed by atoms with van der Waals surface area (Å²) in [5.74, 6) is 0.427. The van der Waals surface area contributed by atoms with Crippen LogP contribution in [-0.4, -0.2) is 31.0 Å². The van der Waals surface area contributed by atoms with Crippen molar-refractivity contribution in [2.75, 3.05) is 5.75 Å². The third-order valence-electron chi connectivity index (χ3n) is 4.79. The van der Waals surface area contributed by atoms with E-state index in [0.29, 0.717) is 18.7 Å². The van der Waals surface area contributed by atoms with Gasteiger partial charge in [0.1, 0.15) is 5.75 Å². The summed E-state index contributed by atoms with van der Waals surface area (Å²) >= 11 is 0. The molecule has 5 nitrogen and oxygen atoms in total. The first kappa shape index (κ1) is 23.5. The van der Waals surface area contributed by atoms with Gasteiger partial charge in [-0.05, 0) is 44.4 Å². The van der Waals surface area contributed by atoms with E-state index >= 15 is 0 Å². The summed E-state index contributed by atoms with van der Waals surface area (Å²) in [6, 6.07) is 7.11. The number of benzene rings is 1. The van der Waals surface area contributed by atoms with E-state index in [0.717, 1.165) is 24.8 Å². The van der Waals surface area contributed by atoms with Crippen molar-refractivity contribution in [1.29, 1.82) is 0 Å². The molecule has 1 aromatic rings. The van der Waals surface area contributed by atoms with Crippen LogP contribution in [0.1, 0.15) is 78.2 Å². The standard InChI is InChI=1S/C21H35NO4S/c1-5-8-9-10-11-12-21(23)22(18(4)6-2)17-19-13-15-20(16-14-19)26-27(24,25)7-3/h13-16,18H,5-12,17H2,1-4H3. The number of carbonyl (C=O) groups excluding carboxylic acids is 1. The number of hydrogen-bond donors (Lipinski definition) is 0. The number of hydrogen-bond acceptors (Lipinski definition) is 4. The van der Waals surface area contributed by atoms with E-state index in [-0.39, 0.29) is 17.7 Å². The van der Waals surface area contributed by atoms with Gasteiger partial charge in [-0.2, -0.15) is 8.42 Å². The minimum Gasteiger partial charge on any atom is -0.382 e. The van der Waals surface area contributed by atoms with Gasteiger partial charge in [0.05, 0.1) is 5.75 Å². The summed E-state index contributed by atoms with van der Waals surface area (Å²) in [7, 11) is -3.52. The van der Waals surface area contributed by atoms with Gasteiger partial charge >= 0.3 is 10.1 Å². The monoisotopic (exact) mass is 397 g/mol. The highest BCUT2D eigenvalue weighted by molar-refractivity contribution is 7.87. The molecule has 1 amide bonds. The molecular formula is C21H35NO4S. The number of carbonyl (C=O) groups is 1. The number of nitrogens with zero attached hydrogens (tertiary/aromatic N) is 1. The first-order valence-corrected chi connectivity index (χ1v) is 11.7. The Hall–Kier alpha value is -1.56. The second-order valence-electron chi connectivity index (χ2n) is 7.02. The van der Waals surface area contributed by atoms with Crippen LogP contribution < -0.4 is 4.18 Å². The van der Waals surface area contributed by atoms with E-state index in [1.165, 1.54) is 19.3 Å². The fraction of sp³-hybridized carbons (Fsp3) is 0.667. The average Bonchev–Trinajstić information content (AvgIpc) is 2.66. The molecule has 0 heterocycles. The second-order valence-corrected chi connectivity index (χ2v) is 8.88. The molecule has 0 aromatic heterocycles. The SMILES string of the molecule is CCCCCCCC(=O)N(Cc1ccc(OS(=O)(=O)CC)cc1)C(C)CC. The van der Waals surface area contributed by atoms with Crippen molar-refractivity contribution in [1.82, 2.24) is 4.90 Å². The third kappa shape index (κ3) is 8.78. The highest BCUT2D eigenvalue weighted by Gasteiger charge is 2.19. The van der Waals surface area contributed by atoms with E-state index in [9.17, 15) is 13.2 Å². The highest BCUT2D eigenvalue weighted by atomic mass is 32.2. The average molecular weight is 398 g/mol. The summed E-state index contributed by atoms with van der Waals surface area (Å²) < 4.78 is 28.1. The van der Waals surface area contributed by atoms with Crippen LogP contribution in [0.3, 0.4) is 0 Å². The number of amides is 1. The van der Waals surface area contributed by atoms with Crippen molar-refractivity contribution in [3.63, 3.8) is 0 Å². The molecule has 1 atom stereocenters. The molecule has 27 heavy (non-hydrogen) atoms. The van der Waals surface area contributed by atoms with Crippen LogP contribution in [0.4, 0.5) is 0 Å². The zero-order chi connectivity index (χ0) is 20.3. The fourth-order valence-corrected chi connectivity index (χ4v) is 3.31. The molecule has 0 bridgehead atoms. The van der Waals surface area contributed by atoms with Crippen molar-refractivity contribution in [2.45, 2.75) is 85.2 Å². The topological polar surface area (TPSA) is 63.7 Å². The molecule has 0 aliphatic carbocycles. The Morgan fingerprint density at radius 3 is 2.22 bits per heavy atom. The van der Waals surface area contributed by atoms with Crippen molar-refractivity contribution in [3.8, 4) is 5.75 Å². The molecule has 0 aliphatic heterocycles. The van der Waals surface area contributed by atoms with Gasteiger partial charge in [-0.3, -0.25) is 4.79 Å². The minimum atomic E-state index is -3.52. The summed E-state index contributed by atoms with van der Waals surface area (Å²) in [5.41, 5.74) is 0.968. The lowest BCUT2D eigenvalue weighted by Gasteiger charge is -2.29. The fourth-order valence-electron chi connectivity index (χ4n) is 2.79. The van der Waals surface area contributed by atoms with Crippen molar-refractivity contribution < 1.29 is 17.4 Å². The Morgan fingerprint density at radius 2 is 1.67 bits per heavy atom. The van der Waals surface area contributed by atoms with Gasteiger partial charge in [-0.1, -0.05) is 51.7 Å². The Balaban J connectivity index is 2.69.